The maximum atomic E-state index is 12.5. The summed E-state index contributed by atoms with van der Waals surface area (Å²) in [4.78, 5) is 18.6. The molecule has 1 aromatic rings. The van der Waals surface area contributed by atoms with Crippen LogP contribution in [0, 0.1) is 0 Å². The lowest BCUT2D eigenvalue weighted by Crippen LogP contribution is -2.41. The zero-order chi connectivity index (χ0) is 17.5. The van der Waals surface area contributed by atoms with Crippen molar-refractivity contribution in [3.05, 3.63) is 29.8 Å². The third-order valence-corrected chi connectivity index (χ3v) is 4.79. The van der Waals surface area contributed by atoms with Gasteiger partial charge in [0.05, 0.1) is 6.10 Å². The van der Waals surface area contributed by atoms with Crippen LogP contribution < -0.4 is 15.5 Å². The minimum Gasteiger partial charge on any atom is -0.376 e. The lowest BCUT2D eigenvalue weighted by molar-refractivity contribution is -0.118. The number of carbonyl (C=O) groups is 1. The van der Waals surface area contributed by atoms with Gasteiger partial charge in [-0.05, 0) is 37.3 Å². The van der Waals surface area contributed by atoms with Crippen molar-refractivity contribution in [2.75, 3.05) is 38.2 Å². The van der Waals surface area contributed by atoms with E-state index in [-0.39, 0.29) is 36.0 Å². The molecular formula is C19H29IN4O2. The number of hydrogen-bond acceptors (Lipinski definition) is 3. The summed E-state index contributed by atoms with van der Waals surface area (Å²) in [5, 5.41) is 6.56. The monoisotopic (exact) mass is 472 g/mol. The van der Waals surface area contributed by atoms with Gasteiger partial charge >= 0.3 is 0 Å². The third-order valence-electron chi connectivity index (χ3n) is 4.79. The quantitative estimate of drug-likeness (QED) is 0.289. The Kier molecular flexibility index (Phi) is 8.64. The summed E-state index contributed by atoms with van der Waals surface area (Å²) in [6, 6.07) is 8.17. The number of nitrogens with one attached hydrogen (secondary N) is 2. The Balaban J connectivity index is 0.00000243. The Morgan fingerprint density at radius 2 is 2.19 bits per heavy atom. The molecule has 0 radical (unpaired) electrons. The summed E-state index contributed by atoms with van der Waals surface area (Å²) in [6.07, 6.45) is 4.83. The molecular weight excluding hydrogens is 443 g/mol. The van der Waals surface area contributed by atoms with Crippen molar-refractivity contribution in [3.8, 4) is 0 Å². The van der Waals surface area contributed by atoms with Crippen LogP contribution in [-0.2, 0) is 16.0 Å². The fourth-order valence-corrected chi connectivity index (χ4v) is 3.42. The molecule has 6 nitrogen and oxygen atoms in total. The van der Waals surface area contributed by atoms with Gasteiger partial charge in [-0.2, -0.15) is 0 Å². The molecule has 1 aromatic carbocycles. The van der Waals surface area contributed by atoms with Gasteiger partial charge in [0.15, 0.2) is 5.96 Å². The SMILES string of the molecule is CN=C(NCCCC(=O)N1CCc2ccccc21)NCC1CCCO1.I. The van der Waals surface area contributed by atoms with E-state index in [0.29, 0.717) is 6.42 Å². The van der Waals surface area contributed by atoms with Gasteiger partial charge in [-0.3, -0.25) is 9.79 Å². The largest absolute Gasteiger partial charge is 0.376 e. The first-order chi connectivity index (χ1) is 12.3. The first-order valence-electron chi connectivity index (χ1n) is 9.22. The van der Waals surface area contributed by atoms with E-state index in [0.717, 1.165) is 63.6 Å². The zero-order valence-electron chi connectivity index (χ0n) is 15.4. The molecule has 0 bridgehead atoms. The highest BCUT2D eigenvalue weighted by Crippen LogP contribution is 2.27. The molecule has 1 saturated heterocycles. The van der Waals surface area contributed by atoms with Crippen LogP contribution in [-0.4, -0.2) is 51.3 Å². The van der Waals surface area contributed by atoms with Crippen LogP contribution in [0.5, 0.6) is 0 Å². The molecule has 1 atom stereocenters. The molecule has 0 saturated carbocycles. The number of guanidine groups is 1. The van der Waals surface area contributed by atoms with Crippen LogP contribution in [0.25, 0.3) is 0 Å². The van der Waals surface area contributed by atoms with Crippen molar-refractivity contribution in [2.45, 2.75) is 38.2 Å². The van der Waals surface area contributed by atoms with Crippen LogP contribution in [0.2, 0.25) is 0 Å². The number of rotatable bonds is 6. The van der Waals surface area contributed by atoms with Crippen molar-refractivity contribution >= 4 is 41.5 Å². The first kappa shape index (κ1) is 21.0. The Bertz CT molecular complexity index is 617. The van der Waals surface area contributed by atoms with E-state index in [4.69, 9.17) is 4.74 Å². The van der Waals surface area contributed by atoms with Crippen molar-refractivity contribution in [2.24, 2.45) is 4.99 Å². The number of amides is 1. The molecule has 0 aromatic heterocycles. The van der Waals surface area contributed by atoms with Gasteiger partial charge < -0.3 is 20.3 Å². The second kappa shape index (κ2) is 10.7. The fourth-order valence-electron chi connectivity index (χ4n) is 3.42. The Labute approximate surface area is 172 Å². The maximum absolute atomic E-state index is 12.5. The highest BCUT2D eigenvalue weighted by atomic mass is 127. The molecule has 1 fully saturated rings. The van der Waals surface area contributed by atoms with Crippen LogP contribution in [0.4, 0.5) is 5.69 Å². The van der Waals surface area contributed by atoms with E-state index in [1.54, 1.807) is 7.05 Å². The van der Waals surface area contributed by atoms with Crippen molar-refractivity contribution in [3.63, 3.8) is 0 Å². The van der Waals surface area contributed by atoms with Gasteiger partial charge in [0.2, 0.25) is 5.91 Å². The molecule has 2 aliphatic heterocycles. The molecule has 1 unspecified atom stereocenters. The summed E-state index contributed by atoms with van der Waals surface area (Å²) in [6.45, 7) is 3.17. The van der Waals surface area contributed by atoms with Gasteiger partial charge in [0.1, 0.15) is 0 Å². The molecule has 3 rings (SSSR count). The number of para-hydroxylation sites is 1. The van der Waals surface area contributed by atoms with Crippen LogP contribution in [0.3, 0.4) is 0 Å². The number of carbonyl (C=O) groups excluding carboxylic acids is 1. The number of benzene rings is 1. The van der Waals surface area contributed by atoms with Crippen LogP contribution >= 0.6 is 24.0 Å². The molecule has 2 heterocycles. The maximum Gasteiger partial charge on any atom is 0.227 e. The van der Waals surface area contributed by atoms with E-state index < -0.39 is 0 Å². The second-order valence-electron chi connectivity index (χ2n) is 6.54. The average Bonchev–Trinajstić information content (AvgIpc) is 3.30. The molecule has 0 spiro atoms. The third kappa shape index (κ3) is 5.57. The molecule has 0 aliphatic carbocycles. The number of halogens is 1. The Hall–Kier alpha value is -1.35. The summed E-state index contributed by atoms with van der Waals surface area (Å²) in [5.74, 6) is 0.975. The van der Waals surface area contributed by atoms with E-state index in [1.165, 1.54) is 5.56 Å². The second-order valence-corrected chi connectivity index (χ2v) is 6.54. The number of anilines is 1. The molecule has 26 heavy (non-hydrogen) atoms. The summed E-state index contributed by atoms with van der Waals surface area (Å²) in [5.41, 5.74) is 2.35. The smallest absolute Gasteiger partial charge is 0.227 e. The number of hydrogen-bond donors (Lipinski definition) is 2. The van der Waals surface area contributed by atoms with Gasteiger partial charge in [0, 0.05) is 45.4 Å². The Morgan fingerprint density at radius 3 is 2.96 bits per heavy atom. The minimum absolute atomic E-state index is 0. The van der Waals surface area contributed by atoms with Gasteiger partial charge in [-0.15, -0.1) is 24.0 Å². The van der Waals surface area contributed by atoms with E-state index in [9.17, 15) is 4.79 Å². The van der Waals surface area contributed by atoms with E-state index in [1.807, 2.05) is 23.1 Å². The van der Waals surface area contributed by atoms with Crippen molar-refractivity contribution in [1.29, 1.82) is 0 Å². The molecule has 7 heteroatoms. The van der Waals surface area contributed by atoms with Gasteiger partial charge in [-0.25, -0.2) is 0 Å². The van der Waals surface area contributed by atoms with Crippen LogP contribution in [0.15, 0.2) is 29.3 Å². The molecule has 1 amide bonds. The highest BCUT2D eigenvalue weighted by molar-refractivity contribution is 14.0. The predicted molar refractivity (Wildman–Crippen MR) is 115 cm³/mol. The summed E-state index contributed by atoms with van der Waals surface area (Å²) in [7, 11) is 1.76. The number of fused-ring (bicyclic) bond motifs is 1. The number of nitrogens with zero attached hydrogens (tertiary/aromatic N) is 2. The standard InChI is InChI=1S/C19H28N4O2.HI/c1-20-19(22-14-16-7-5-13-25-16)21-11-4-9-18(24)23-12-10-15-6-2-3-8-17(15)23;/h2-3,6,8,16H,4-5,7,9-14H2,1H3,(H2,20,21,22);1H. The van der Waals surface area contributed by atoms with Crippen molar-refractivity contribution in [1.82, 2.24) is 10.6 Å². The number of ether oxygens (including phenoxy) is 1. The normalized spacial score (nSPS) is 19.0. The molecule has 144 valence electrons. The van der Waals surface area contributed by atoms with Gasteiger partial charge in [0.25, 0.3) is 0 Å². The predicted octanol–water partition coefficient (Wildman–Crippen LogP) is 2.32. The summed E-state index contributed by atoms with van der Waals surface area (Å²) < 4.78 is 5.60. The highest BCUT2D eigenvalue weighted by Gasteiger charge is 2.23. The Morgan fingerprint density at radius 1 is 1.35 bits per heavy atom. The minimum atomic E-state index is 0. The zero-order valence-corrected chi connectivity index (χ0v) is 17.7. The molecule has 2 N–H and O–H groups in total. The first-order valence-corrected chi connectivity index (χ1v) is 9.22. The van der Waals surface area contributed by atoms with E-state index in [2.05, 4.69) is 21.7 Å². The van der Waals surface area contributed by atoms with Crippen molar-refractivity contribution < 1.29 is 9.53 Å². The fraction of sp³-hybridized carbons (Fsp3) is 0.579. The molecule has 2 aliphatic rings. The summed E-state index contributed by atoms with van der Waals surface area (Å²) >= 11 is 0. The topological polar surface area (TPSA) is 66.0 Å². The lowest BCUT2D eigenvalue weighted by Gasteiger charge is -2.18. The lowest BCUT2D eigenvalue weighted by atomic mass is 10.2. The average molecular weight is 472 g/mol. The number of aliphatic imine (C=N–C) groups is 1. The van der Waals surface area contributed by atoms with Gasteiger partial charge in [-0.1, -0.05) is 18.2 Å². The van der Waals surface area contributed by atoms with E-state index >= 15 is 0 Å². The van der Waals surface area contributed by atoms with Crippen LogP contribution in [0.1, 0.15) is 31.2 Å².